The highest BCUT2D eigenvalue weighted by atomic mass is 16.5. The van der Waals surface area contributed by atoms with E-state index >= 15 is 0 Å². The lowest BCUT2D eigenvalue weighted by Gasteiger charge is -2.24. The number of para-hydroxylation sites is 1. The molecule has 1 aromatic carbocycles. The number of hydrogen-bond acceptors (Lipinski definition) is 7. The van der Waals surface area contributed by atoms with Gasteiger partial charge < -0.3 is 15.4 Å². The van der Waals surface area contributed by atoms with Crippen LogP contribution in [0, 0.1) is 12.8 Å². The molecule has 10 nitrogen and oxygen atoms in total. The highest BCUT2D eigenvalue weighted by Crippen LogP contribution is 2.23. The van der Waals surface area contributed by atoms with Crippen LogP contribution in [0.25, 0.3) is 10.9 Å². The molecular weight excluding hydrogens is 414 g/mol. The molecule has 2 aliphatic rings. The van der Waals surface area contributed by atoms with Gasteiger partial charge in [0.1, 0.15) is 24.0 Å². The predicted octanol–water partition coefficient (Wildman–Crippen LogP) is 0.637. The van der Waals surface area contributed by atoms with Crippen molar-refractivity contribution < 1.29 is 19.1 Å². The lowest BCUT2D eigenvalue weighted by molar-refractivity contribution is -0.135. The topological polar surface area (TPSA) is 131 Å². The van der Waals surface area contributed by atoms with E-state index in [1.165, 1.54) is 4.57 Å². The molecule has 0 radical (unpaired) electrons. The van der Waals surface area contributed by atoms with E-state index in [9.17, 15) is 19.2 Å². The van der Waals surface area contributed by atoms with E-state index in [4.69, 9.17) is 4.74 Å². The molecule has 2 saturated heterocycles. The van der Waals surface area contributed by atoms with Crippen LogP contribution in [-0.4, -0.2) is 53.6 Å². The number of carbonyl (C=O) groups is 3. The lowest BCUT2D eigenvalue weighted by Crippen LogP contribution is -2.45. The quantitative estimate of drug-likeness (QED) is 0.561. The maximum absolute atomic E-state index is 13.2. The fraction of sp³-hybridized carbons (Fsp3) is 0.500. The molecule has 1 atom stereocenters. The second-order valence-corrected chi connectivity index (χ2v) is 8.26. The van der Waals surface area contributed by atoms with Crippen LogP contribution in [0.2, 0.25) is 0 Å². The molecule has 170 valence electrons. The number of carbonyl (C=O) groups excluding carboxylic acids is 3. The molecule has 3 amide bonds. The fourth-order valence-electron chi connectivity index (χ4n) is 4.28. The third-order valence-corrected chi connectivity index (χ3v) is 5.95. The number of hydrogen-bond donors (Lipinski definition) is 3. The zero-order chi connectivity index (χ0) is 22.7. The Balaban J connectivity index is 1.51. The summed E-state index contributed by atoms with van der Waals surface area (Å²) in [5.74, 6) is -0.390. The number of anilines is 1. The van der Waals surface area contributed by atoms with Gasteiger partial charge >= 0.3 is 0 Å². The van der Waals surface area contributed by atoms with E-state index in [-0.39, 0.29) is 42.2 Å². The molecule has 0 aliphatic carbocycles. The van der Waals surface area contributed by atoms with E-state index in [1.807, 2.05) is 0 Å². The van der Waals surface area contributed by atoms with E-state index in [0.717, 1.165) is 25.9 Å². The second-order valence-electron chi connectivity index (χ2n) is 8.26. The molecule has 3 N–H and O–H groups in total. The second kappa shape index (κ2) is 9.58. The number of aryl methyl sites for hydroxylation is 1. The zero-order valence-corrected chi connectivity index (χ0v) is 18.0. The van der Waals surface area contributed by atoms with Crippen LogP contribution in [0.1, 0.15) is 37.5 Å². The SMILES string of the molecule is Cc1nc2c(NC(=O)COCC3CCNCC3)cccc2c(=O)n1C1CCC(=O)NC1=O. The first-order valence-electron chi connectivity index (χ1n) is 10.9. The minimum atomic E-state index is -0.793. The summed E-state index contributed by atoms with van der Waals surface area (Å²) in [6.45, 7) is 4.03. The van der Waals surface area contributed by atoms with Crippen molar-refractivity contribution in [2.75, 3.05) is 31.6 Å². The van der Waals surface area contributed by atoms with E-state index in [2.05, 4.69) is 20.9 Å². The van der Waals surface area contributed by atoms with Crippen molar-refractivity contribution in [1.82, 2.24) is 20.2 Å². The first-order chi connectivity index (χ1) is 15.4. The van der Waals surface area contributed by atoms with Gasteiger partial charge in [-0.1, -0.05) is 6.07 Å². The summed E-state index contributed by atoms with van der Waals surface area (Å²) in [7, 11) is 0. The van der Waals surface area contributed by atoms with Crippen molar-refractivity contribution in [3.05, 3.63) is 34.4 Å². The summed E-state index contributed by atoms with van der Waals surface area (Å²) in [5, 5.41) is 8.63. The Hall–Kier alpha value is -3.11. The van der Waals surface area contributed by atoms with E-state index < -0.39 is 11.9 Å². The number of nitrogens with zero attached hydrogens (tertiary/aromatic N) is 2. The summed E-state index contributed by atoms with van der Waals surface area (Å²) in [4.78, 5) is 53.8. The lowest BCUT2D eigenvalue weighted by atomic mass is 9.99. The standard InChI is InChI=1S/C22H27N5O5/c1-13-24-20-15(22(31)27(13)17-5-6-18(28)26-21(17)30)3-2-4-16(20)25-19(29)12-32-11-14-7-9-23-10-8-14/h2-4,14,17,23H,5-12H2,1H3,(H,25,29)(H,26,28,30). The molecule has 0 spiro atoms. The van der Waals surface area contributed by atoms with Gasteiger partial charge in [0.05, 0.1) is 17.7 Å². The zero-order valence-electron chi connectivity index (χ0n) is 18.0. The summed E-state index contributed by atoms with van der Waals surface area (Å²) in [6, 6.07) is 4.14. The Morgan fingerprint density at radius 1 is 1.22 bits per heavy atom. The van der Waals surface area contributed by atoms with E-state index in [0.29, 0.717) is 29.6 Å². The van der Waals surface area contributed by atoms with Gasteiger partial charge in [0.25, 0.3) is 5.56 Å². The van der Waals surface area contributed by atoms with E-state index in [1.54, 1.807) is 25.1 Å². The molecular formula is C22H27N5O5. The van der Waals surface area contributed by atoms with Crippen molar-refractivity contribution in [2.24, 2.45) is 5.92 Å². The third kappa shape index (κ3) is 4.71. The summed E-state index contributed by atoms with van der Waals surface area (Å²) in [5.41, 5.74) is 0.374. The Labute approximate surface area is 184 Å². The van der Waals surface area contributed by atoms with Crippen molar-refractivity contribution >= 4 is 34.3 Å². The van der Waals surface area contributed by atoms with Gasteiger partial charge in [-0.05, 0) is 57.3 Å². The van der Waals surface area contributed by atoms with Gasteiger partial charge in [-0.15, -0.1) is 0 Å². The van der Waals surface area contributed by atoms with Gasteiger partial charge in [0, 0.05) is 6.42 Å². The molecule has 3 heterocycles. The molecule has 10 heteroatoms. The van der Waals surface area contributed by atoms with Crippen LogP contribution < -0.4 is 21.5 Å². The molecule has 2 aromatic rings. The number of rotatable bonds is 6. The summed E-state index contributed by atoms with van der Waals surface area (Å²) in [6.07, 6.45) is 2.47. The number of aromatic nitrogens is 2. The fourth-order valence-corrected chi connectivity index (χ4v) is 4.28. The van der Waals surface area contributed by atoms with Crippen LogP contribution in [-0.2, 0) is 19.1 Å². The highest BCUT2D eigenvalue weighted by molar-refractivity contribution is 6.01. The van der Waals surface area contributed by atoms with Gasteiger partial charge in [-0.3, -0.25) is 29.1 Å². The van der Waals surface area contributed by atoms with Crippen LogP contribution in [0.5, 0.6) is 0 Å². The molecule has 32 heavy (non-hydrogen) atoms. The number of benzene rings is 1. The largest absolute Gasteiger partial charge is 0.371 e. The number of nitrogens with one attached hydrogen (secondary N) is 3. The minimum absolute atomic E-state index is 0.0767. The van der Waals surface area contributed by atoms with Crippen molar-refractivity contribution in [2.45, 2.75) is 38.6 Å². The first-order valence-corrected chi connectivity index (χ1v) is 10.9. The van der Waals surface area contributed by atoms with Crippen molar-refractivity contribution in [3.63, 3.8) is 0 Å². The van der Waals surface area contributed by atoms with Crippen molar-refractivity contribution in [3.8, 4) is 0 Å². The third-order valence-electron chi connectivity index (χ3n) is 5.95. The Morgan fingerprint density at radius 2 is 2.00 bits per heavy atom. The van der Waals surface area contributed by atoms with Gasteiger partial charge in [0.15, 0.2) is 0 Å². The normalized spacial score (nSPS) is 19.7. The molecule has 1 aromatic heterocycles. The number of piperidine rings is 2. The number of imide groups is 1. The molecule has 0 saturated carbocycles. The predicted molar refractivity (Wildman–Crippen MR) is 117 cm³/mol. The average molecular weight is 441 g/mol. The molecule has 4 rings (SSSR count). The Kier molecular flexibility index (Phi) is 6.61. The number of amides is 3. The van der Waals surface area contributed by atoms with Gasteiger partial charge in [-0.25, -0.2) is 4.98 Å². The smallest absolute Gasteiger partial charge is 0.262 e. The molecule has 2 aliphatic heterocycles. The van der Waals surface area contributed by atoms with Crippen LogP contribution in [0.15, 0.2) is 23.0 Å². The van der Waals surface area contributed by atoms with Crippen molar-refractivity contribution in [1.29, 1.82) is 0 Å². The monoisotopic (exact) mass is 441 g/mol. The molecule has 1 unspecified atom stereocenters. The summed E-state index contributed by atoms with van der Waals surface area (Å²) >= 11 is 0. The highest BCUT2D eigenvalue weighted by Gasteiger charge is 2.30. The Morgan fingerprint density at radius 3 is 2.75 bits per heavy atom. The number of fused-ring (bicyclic) bond motifs is 1. The van der Waals surface area contributed by atoms with Crippen LogP contribution in [0.4, 0.5) is 5.69 Å². The number of ether oxygens (including phenoxy) is 1. The summed E-state index contributed by atoms with van der Waals surface area (Å²) < 4.78 is 6.90. The molecule has 2 fully saturated rings. The van der Waals surface area contributed by atoms with Crippen LogP contribution in [0.3, 0.4) is 0 Å². The maximum Gasteiger partial charge on any atom is 0.262 e. The van der Waals surface area contributed by atoms with Gasteiger partial charge in [0.2, 0.25) is 17.7 Å². The van der Waals surface area contributed by atoms with Crippen LogP contribution >= 0.6 is 0 Å². The maximum atomic E-state index is 13.2. The molecule has 0 bridgehead atoms. The Bertz CT molecular complexity index is 1110. The first kappa shape index (κ1) is 22.1. The minimum Gasteiger partial charge on any atom is -0.371 e. The average Bonchev–Trinajstić information content (AvgIpc) is 2.76. The van der Waals surface area contributed by atoms with Gasteiger partial charge in [-0.2, -0.15) is 0 Å².